The van der Waals surface area contributed by atoms with Crippen molar-refractivity contribution in [2.75, 3.05) is 0 Å². The maximum Gasteiger partial charge on any atom is -0.0351 e. The Balaban J connectivity index is -0.000000499. The standard InChI is InChI=1S/C18H36.2C3H7O.C2H4O2.Al/c1-3-5-7-9-11-13-15-17-18-16-14-12-10-8-6-4-2;2*1-3(2)4;1-2(3)4;/h17-18H,3-16H2,1-2H3;2*3H,1-2H3;1H3,(H,3,4);/q;2*-1;;+3/p-1. The zero-order chi connectivity index (χ0) is 24.2. The third-order valence-corrected chi connectivity index (χ3v) is 5.58. The fraction of sp³-hybridized carbons (Fsp3) is 0.885. The van der Waals surface area contributed by atoms with E-state index in [1.165, 1.54) is 89.9 Å². The van der Waals surface area contributed by atoms with Crippen molar-refractivity contribution in [3.63, 3.8) is 0 Å². The van der Waals surface area contributed by atoms with Crippen LogP contribution in [0, 0.1) is 0 Å². The molecule has 0 radical (unpaired) electrons. The molecule has 4 nitrogen and oxygen atoms in total. The van der Waals surface area contributed by atoms with E-state index in [2.05, 4.69) is 26.0 Å². The van der Waals surface area contributed by atoms with Gasteiger partial charge in [-0.25, -0.2) is 0 Å². The number of hydrogen-bond acceptors (Lipinski definition) is 4. The van der Waals surface area contributed by atoms with Crippen LogP contribution in [0.2, 0.25) is 0 Å². The molecule has 0 saturated carbocycles. The molecule has 0 saturated heterocycles. The summed E-state index contributed by atoms with van der Waals surface area (Å²) in [7, 11) is 0. The van der Waals surface area contributed by atoms with Crippen molar-refractivity contribution in [2.45, 2.75) is 151 Å². The van der Waals surface area contributed by atoms with Gasteiger partial charge >= 0.3 is 63.4 Å². The second-order valence-electron chi connectivity index (χ2n) is 8.54. The van der Waals surface area contributed by atoms with Crippen molar-refractivity contribution in [3.05, 3.63) is 12.2 Å². The van der Waals surface area contributed by atoms with Gasteiger partial charge in [-0.1, -0.05) is 90.2 Å². The van der Waals surface area contributed by atoms with Crippen molar-refractivity contribution in [3.8, 4) is 0 Å². The summed E-state index contributed by atoms with van der Waals surface area (Å²) in [4.78, 5) is 8.89. The zero-order valence-electron chi connectivity index (χ0n) is 21.9. The first-order valence-electron chi connectivity index (χ1n) is 12.7. The molecule has 184 valence electrons. The average Bonchev–Trinajstić information content (AvgIpc) is 2.68. The summed E-state index contributed by atoms with van der Waals surface area (Å²) in [6.07, 6.45) is 25.0. The van der Waals surface area contributed by atoms with Crippen LogP contribution >= 0.6 is 0 Å². The summed E-state index contributed by atoms with van der Waals surface area (Å²) in [5.74, 6) is -1.08. The first-order valence-corrected chi connectivity index (χ1v) is 13.7. The quantitative estimate of drug-likeness (QED) is 0.125. The van der Waals surface area contributed by atoms with Gasteiger partial charge in [-0.3, -0.25) is 0 Å². The van der Waals surface area contributed by atoms with Gasteiger partial charge in [0.15, 0.2) is 0 Å². The molecule has 0 aliphatic rings. The summed E-state index contributed by atoms with van der Waals surface area (Å²) in [6.45, 7) is 13.6. The SMILES string of the molecule is CC(=O)[O-].CC(C)[O][Al+][O]C(C)C.CCCCCCCCC=CCCCCCCCC. The number of hydrogen-bond donors (Lipinski definition) is 0. The van der Waals surface area contributed by atoms with Crippen LogP contribution in [-0.2, 0) is 12.4 Å². The molecule has 0 unspecified atom stereocenters. The van der Waals surface area contributed by atoms with Crippen LogP contribution in [0.5, 0.6) is 0 Å². The van der Waals surface area contributed by atoms with Crippen LogP contribution in [0.3, 0.4) is 0 Å². The molecule has 0 aliphatic heterocycles. The second kappa shape index (κ2) is 31.8. The van der Waals surface area contributed by atoms with E-state index in [4.69, 9.17) is 17.5 Å². The Hall–Kier alpha value is -0.338. The van der Waals surface area contributed by atoms with E-state index in [0.717, 1.165) is 6.92 Å². The molecule has 0 aromatic carbocycles. The van der Waals surface area contributed by atoms with Crippen molar-refractivity contribution in [2.24, 2.45) is 0 Å². The monoisotopic (exact) mass is 456 g/mol. The molecule has 0 fully saturated rings. The van der Waals surface area contributed by atoms with Gasteiger partial charge in [0.05, 0.1) is 0 Å². The minimum absolute atomic E-state index is 0.245. The zero-order valence-corrected chi connectivity index (χ0v) is 23.1. The fourth-order valence-electron chi connectivity index (χ4n) is 2.58. The maximum absolute atomic E-state index is 8.89. The Morgan fingerprint density at radius 2 is 1.00 bits per heavy atom. The molecule has 0 rings (SSSR count). The number of aliphatic carboxylic acids is 1. The first-order chi connectivity index (χ1) is 14.8. The topological polar surface area (TPSA) is 58.6 Å². The van der Waals surface area contributed by atoms with Gasteiger partial charge in [0.1, 0.15) is 0 Å². The van der Waals surface area contributed by atoms with Crippen LogP contribution in [0.1, 0.15) is 138 Å². The predicted octanol–water partition coefficient (Wildman–Crippen LogP) is 7.17. The van der Waals surface area contributed by atoms with E-state index in [1.807, 2.05) is 27.7 Å². The number of carboxylic acids is 1. The van der Waals surface area contributed by atoms with E-state index in [0.29, 0.717) is 12.2 Å². The Bertz CT molecular complexity index is 327. The van der Waals surface area contributed by atoms with Crippen molar-refractivity contribution in [1.82, 2.24) is 0 Å². The number of carbonyl (C=O) groups is 1. The van der Waals surface area contributed by atoms with E-state index in [9.17, 15) is 0 Å². The fourth-order valence-corrected chi connectivity index (χ4v) is 3.08. The Morgan fingerprint density at radius 3 is 1.29 bits per heavy atom. The van der Waals surface area contributed by atoms with Crippen LogP contribution in [0.15, 0.2) is 12.2 Å². The molecule has 0 aromatic heterocycles. The molecule has 0 atom stereocenters. The van der Waals surface area contributed by atoms with Crippen LogP contribution in [0.4, 0.5) is 0 Å². The molecule has 0 aliphatic carbocycles. The Labute approximate surface area is 201 Å². The molecule has 31 heavy (non-hydrogen) atoms. The number of carboxylic acid groups (broad SMARTS) is 1. The molecule has 0 amide bonds. The molecule has 0 bridgehead atoms. The summed E-state index contributed by atoms with van der Waals surface area (Å²) in [5, 5.41) is 8.89. The number of unbranched alkanes of at least 4 members (excludes halogenated alkanes) is 12. The van der Waals surface area contributed by atoms with Gasteiger partial charge in [0.25, 0.3) is 0 Å². The molecule has 0 spiro atoms. The van der Waals surface area contributed by atoms with E-state index in [1.54, 1.807) is 0 Å². The molecule has 5 heteroatoms. The van der Waals surface area contributed by atoms with Gasteiger partial charge in [-0.15, -0.1) is 0 Å². The van der Waals surface area contributed by atoms with Gasteiger partial charge in [-0.2, -0.15) is 0 Å². The van der Waals surface area contributed by atoms with Gasteiger partial charge in [0.2, 0.25) is 0 Å². The van der Waals surface area contributed by atoms with Crippen LogP contribution in [-0.4, -0.2) is 34.1 Å². The van der Waals surface area contributed by atoms with Gasteiger partial charge < -0.3 is 9.90 Å². The number of rotatable bonds is 18. The minimum atomic E-state index is -1.08. The van der Waals surface area contributed by atoms with E-state index >= 15 is 0 Å². The van der Waals surface area contributed by atoms with Gasteiger partial charge in [-0.05, 0) is 32.6 Å². The smallest absolute Gasteiger partial charge is 0.0351 e. The van der Waals surface area contributed by atoms with E-state index < -0.39 is 5.97 Å². The normalized spacial score (nSPS) is 10.5. The summed E-state index contributed by atoms with van der Waals surface area (Å²) < 4.78 is 10.4. The second-order valence-corrected chi connectivity index (χ2v) is 9.28. The molecule has 0 aromatic rings. The predicted molar refractivity (Wildman–Crippen MR) is 134 cm³/mol. The average molecular weight is 457 g/mol. The van der Waals surface area contributed by atoms with Crippen molar-refractivity contribution in [1.29, 1.82) is 0 Å². The summed E-state index contributed by atoms with van der Waals surface area (Å²) in [5.41, 5.74) is 0. The largest absolute Gasteiger partial charge is 0.0885 e. The van der Waals surface area contributed by atoms with Crippen LogP contribution in [0.25, 0.3) is 0 Å². The third-order valence-electron chi connectivity index (χ3n) is 4.27. The van der Waals surface area contributed by atoms with E-state index in [-0.39, 0.29) is 15.9 Å². The number of carbonyl (C=O) groups excluding carboxylic acids is 1. The third kappa shape index (κ3) is 53.2. The Kier molecular flexibility index (Phi) is 36.2. The van der Waals surface area contributed by atoms with Gasteiger partial charge in [0, 0.05) is 5.97 Å². The minimum Gasteiger partial charge on any atom is -0.0885 e. The van der Waals surface area contributed by atoms with Crippen LogP contribution < -0.4 is 5.11 Å². The van der Waals surface area contributed by atoms with Crippen molar-refractivity contribution >= 4 is 21.9 Å². The molecule has 0 heterocycles. The molecular weight excluding hydrogens is 403 g/mol. The van der Waals surface area contributed by atoms with Crippen molar-refractivity contribution < 1.29 is 17.5 Å². The summed E-state index contributed by atoms with van der Waals surface area (Å²) in [6, 6.07) is 0. The molecule has 0 N–H and O–H groups in total. The molecular formula is C26H53AlO4. The summed E-state index contributed by atoms with van der Waals surface area (Å²) >= 11 is -0.245. The maximum atomic E-state index is 8.89. The first kappa shape index (κ1) is 35.3. The number of allylic oxidation sites excluding steroid dienone is 2. The Morgan fingerprint density at radius 1 is 0.710 bits per heavy atom.